The zero-order chi connectivity index (χ0) is 22.5. The second kappa shape index (κ2) is 7.72. The van der Waals surface area contributed by atoms with Gasteiger partial charge in [-0.1, -0.05) is 0 Å². The predicted molar refractivity (Wildman–Crippen MR) is 116 cm³/mol. The number of hydrogen-bond acceptors (Lipinski definition) is 7. The summed E-state index contributed by atoms with van der Waals surface area (Å²) in [5, 5.41) is 4.25. The average Bonchev–Trinajstić information content (AvgIpc) is 3.38. The molecule has 0 aromatic carbocycles. The first-order chi connectivity index (χ1) is 15.3. The van der Waals surface area contributed by atoms with Crippen LogP contribution in [0, 0.1) is 12.7 Å². The standard InChI is InChI=1S/C23H26FN5O3/c1-13-10-16-18(28-23(2)6-7-23)26-19(27-20(16)32-13)22(30)29-8-4-14(5-9-29)15-11-17(24)21(31-3)25-12-15/h10-12,14H,4-9H2,1-3H3,(H,26,27,28). The minimum absolute atomic E-state index is 0.00674. The van der Waals surface area contributed by atoms with E-state index in [1.165, 1.54) is 13.2 Å². The van der Waals surface area contributed by atoms with Gasteiger partial charge in [0.2, 0.25) is 17.4 Å². The van der Waals surface area contributed by atoms with Crippen molar-refractivity contribution in [1.82, 2.24) is 19.9 Å². The lowest BCUT2D eigenvalue weighted by Gasteiger charge is -2.31. The van der Waals surface area contributed by atoms with E-state index in [4.69, 9.17) is 9.15 Å². The van der Waals surface area contributed by atoms with Crippen LogP contribution < -0.4 is 10.1 Å². The van der Waals surface area contributed by atoms with E-state index >= 15 is 0 Å². The maximum absolute atomic E-state index is 14.0. The Hall–Kier alpha value is -3.23. The van der Waals surface area contributed by atoms with E-state index in [1.54, 1.807) is 11.1 Å². The van der Waals surface area contributed by atoms with Gasteiger partial charge in [-0.3, -0.25) is 4.79 Å². The van der Waals surface area contributed by atoms with E-state index in [2.05, 4.69) is 27.2 Å². The molecule has 5 rings (SSSR count). The number of methoxy groups -OCH3 is 1. The van der Waals surface area contributed by atoms with Crippen LogP contribution in [0.2, 0.25) is 0 Å². The maximum Gasteiger partial charge on any atom is 0.291 e. The molecule has 0 spiro atoms. The third-order valence-electron chi connectivity index (χ3n) is 6.40. The van der Waals surface area contributed by atoms with Crippen molar-refractivity contribution in [2.45, 2.75) is 51.0 Å². The molecule has 8 nitrogen and oxygen atoms in total. The Morgan fingerprint density at radius 1 is 1.28 bits per heavy atom. The van der Waals surface area contributed by atoms with Gasteiger partial charge in [0.05, 0.1) is 12.5 Å². The highest BCUT2D eigenvalue weighted by Crippen LogP contribution is 2.39. The summed E-state index contributed by atoms with van der Waals surface area (Å²) in [6, 6.07) is 3.37. The highest BCUT2D eigenvalue weighted by molar-refractivity contribution is 5.95. The highest BCUT2D eigenvalue weighted by atomic mass is 19.1. The molecule has 2 aliphatic rings. The summed E-state index contributed by atoms with van der Waals surface area (Å²) in [6.07, 6.45) is 5.20. The monoisotopic (exact) mass is 439 g/mol. The van der Waals surface area contributed by atoms with Crippen LogP contribution >= 0.6 is 0 Å². The fourth-order valence-corrected chi connectivity index (χ4v) is 4.20. The van der Waals surface area contributed by atoms with Crippen LogP contribution in [0.25, 0.3) is 11.1 Å². The first-order valence-electron chi connectivity index (χ1n) is 10.9. The third kappa shape index (κ3) is 3.87. The number of fused-ring (bicyclic) bond motifs is 1. The Kier molecular flexibility index (Phi) is 4.98. The number of ether oxygens (including phenoxy) is 1. The van der Waals surface area contributed by atoms with Gasteiger partial charge in [0.1, 0.15) is 11.6 Å². The molecule has 0 radical (unpaired) electrons. The molecule has 32 heavy (non-hydrogen) atoms. The average molecular weight is 439 g/mol. The van der Waals surface area contributed by atoms with E-state index in [-0.39, 0.29) is 29.1 Å². The Bertz CT molecular complexity index is 1180. The Morgan fingerprint density at radius 2 is 2.03 bits per heavy atom. The van der Waals surface area contributed by atoms with Gasteiger partial charge in [-0.05, 0) is 63.1 Å². The molecule has 2 fully saturated rings. The summed E-state index contributed by atoms with van der Waals surface area (Å²) in [4.78, 5) is 28.0. The zero-order valence-corrected chi connectivity index (χ0v) is 18.4. The van der Waals surface area contributed by atoms with Gasteiger partial charge < -0.3 is 19.4 Å². The number of likely N-dealkylation sites (tertiary alicyclic amines) is 1. The minimum atomic E-state index is -0.469. The van der Waals surface area contributed by atoms with Crippen molar-refractivity contribution in [2.24, 2.45) is 0 Å². The largest absolute Gasteiger partial charge is 0.479 e. The summed E-state index contributed by atoms with van der Waals surface area (Å²) in [7, 11) is 1.39. The fraction of sp³-hybridized carbons (Fsp3) is 0.478. The number of pyridine rings is 1. The molecule has 0 atom stereocenters. The van der Waals surface area contributed by atoms with Gasteiger partial charge in [0.15, 0.2) is 5.82 Å². The number of nitrogens with zero attached hydrogens (tertiary/aromatic N) is 4. The number of halogens is 1. The summed E-state index contributed by atoms with van der Waals surface area (Å²) in [5.74, 6) is 0.940. The third-order valence-corrected chi connectivity index (χ3v) is 6.40. The van der Waals surface area contributed by atoms with E-state index < -0.39 is 5.82 Å². The highest BCUT2D eigenvalue weighted by Gasteiger charge is 2.38. The Morgan fingerprint density at radius 3 is 2.69 bits per heavy atom. The Labute approximate surface area is 185 Å². The van der Waals surface area contributed by atoms with Crippen molar-refractivity contribution < 1.29 is 18.3 Å². The molecule has 168 valence electrons. The number of piperidine rings is 1. The van der Waals surface area contributed by atoms with Crippen LogP contribution in [0.5, 0.6) is 5.88 Å². The predicted octanol–water partition coefficient (Wildman–Crippen LogP) is 4.06. The molecule has 1 saturated carbocycles. The van der Waals surface area contributed by atoms with E-state index in [0.29, 0.717) is 37.5 Å². The molecule has 1 aliphatic heterocycles. The Balaban J connectivity index is 1.33. The van der Waals surface area contributed by atoms with Crippen molar-refractivity contribution in [3.05, 3.63) is 41.3 Å². The molecule has 0 bridgehead atoms. The molecule has 9 heteroatoms. The van der Waals surface area contributed by atoms with Crippen LogP contribution in [0.4, 0.5) is 10.2 Å². The number of furan rings is 1. The second-order valence-electron chi connectivity index (χ2n) is 8.98. The van der Waals surface area contributed by atoms with E-state index in [9.17, 15) is 9.18 Å². The molecule has 3 aromatic heterocycles. The van der Waals surface area contributed by atoms with Gasteiger partial charge >= 0.3 is 0 Å². The molecule has 3 aromatic rings. The van der Waals surface area contributed by atoms with Crippen molar-refractivity contribution in [3.63, 3.8) is 0 Å². The summed E-state index contributed by atoms with van der Waals surface area (Å²) < 4.78 is 24.6. The van der Waals surface area contributed by atoms with Crippen LogP contribution in [0.3, 0.4) is 0 Å². The van der Waals surface area contributed by atoms with Gasteiger partial charge in [-0.15, -0.1) is 0 Å². The summed E-state index contributed by atoms with van der Waals surface area (Å²) in [6.45, 7) is 5.07. The zero-order valence-electron chi connectivity index (χ0n) is 18.4. The second-order valence-corrected chi connectivity index (χ2v) is 8.98. The SMILES string of the molecule is COc1ncc(C2CCN(C(=O)c3nc(NC4(C)CC4)c4cc(C)oc4n3)CC2)cc1F. The molecular formula is C23H26FN5O3. The molecule has 4 heterocycles. The molecule has 1 saturated heterocycles. The number of anilines is 1. The normalized spacial score (nSPS) is 18.1. The van der Waals surface area contributed by atoms with Crippen LogP contribution in [0.15, 0.2) is 22.7 Å². The van der Waals surface area contributed by atoms with Crippen molar-refractivity contribution in [1.29, 1.82) is 0 Å². The number of carbonyl (C=O) groups is 1. The molecule has 1 N–H and O–H groups in total. The summed E-state index contributed by atoms with van der Waals surface area (Å²) >= 11 is 0. The van der Waals surface area contributed by atoms with Crippen LogP contribution in [-0.4, -0.2) is 51.5 Å². The van der Waals surface area contributed by atoms with Gasteiger partial charge in [0.25, 0.3) is 5.91 Å². The first kappa shape index (κ1) is 20.7. The topological polar surface area (TPSA) is 93.4 Å². The first-order valence-corrected chi connectivity index (χ1v) is 10.9. The van der Waals surface area contributed by atoms with E-state index in [0.717, 1.165) is 29.6 Å². The van der Waals surface area contributed by atoms with Gasteiger partial charge in [-0.25, -0.2) is 14.4 Å². The van der Waals surface area contributed by atoms with E-state index in [1.807, 2.05) is 13.0 Å². The summed E-state index contributed by atoms with van der Waals surface area (Å²) in [5.41, 5.74) is 1.25. The fourth-order valence-electron chi connectivity index (χ4n) is 4.20. The number of carbonyl (C=O) groups excluding carboxylic acids is 1. The lowest BCUT2D eigenvalue weighted by Crippen LogP contribution is -2.39. The van der Waals surface area contributed by atoms with Gasteiger partial charge in [0, 0.05) is 24.8 Å². The maximum atomic E-state index is 14.0. The lowest BCUT2D eigenvalue weighted by atomic mass is 9.90. The molecular weight excluding hydrogens is 413 g/mol. The van der Waals surface area contributed by atoms with Crippen molar-refractivity contribution in [2.75, 3.05) is 25.5 Å². The van der Waals surface area contributed by atoms with Crippen LogP contribution in [-0.2, 0) is 0 Å². The van der Waals surface area contributed by atoms with Gasteiger partial charge in [-0.2, -0.15) is 4.98 Å². The number of amides is 1. The minimum Gasteiger partial charge on any atom is -0.479 e. The number of nitrogens with one attached hydrogen (secondary N) is 1. The number of hydrogen-bond donors (Lipinski definition) is 1. The number of rotatable bonds is 5. The quantitative estimate of drug-likeness (QED) is 0.641. The molecule has 1 amide bonds. The van der Waals surface area contributed by atoms with Crippen LogP contribution in [0.1, 0.15) is 60.5 Å². The number of aromatic nitrogens is 3. The lowest BCUT2D eigenvalue weighted by molar-refractivity contribution is 0.0700. The smallest absolute Gasteiger partial charge is 0.291 e. The molecule has 0 unspecified atom stereocenters. The van der Waals surface area contributed by atoms with Crippen molar-refractivity contribution in [3.8, 4) is 5.88 Å². The van der Waals surface area contributed by atoms with Crippen molar-refractivity contribution >= 4 is 22.8 Å². The molecule has 1 aliphatic carbocycles. The number of aryl methyl sites for hydroxylation is 1.